The summed E-state index contributed by atoms with van der Waals surface area (Å²) in [6.07, 6.45) is 3.13. The van der Waals surface area contributed by atoms with Gasteiger partial charge in [0.2, 0.25) is 5.91 Å². The number of hydrogen-bond donors (Lipinski definition) is 2. The standard InChI is InChI=1S/C17H17NO3/c1-2-21-16-10-6-14(7-11-16)18-17(20)12-5-13-3-8-15(19)9-4-13/h3-12,19H,2H2,1H3,(H,18,20)/b12-5+. The second-order valence-electron chi connectivity index (χ2n) is 4.37. The summed E-state index contributed by atoms with van der Waals surface area (Å²) in [6.45, 7) is 2.53. The van der Waals surface area contributed by atoms with Crippen molar-refractivity contribution in [2.24, 2.45) is 0 Å². The van der Waals surface area contributed by atoms with E-state index >= 15 is 0 Å². The molecule has 0 aliphatic rings. The molecule has 2 N–H and O–H groups in total. The SMILES string of the molecule is CCOc1ccc(NC(=O)/C=C/c2ccc(O)cc2)cc1. The van der Waals surface area contributed by atoms with Gasteiger partial charge in [-0.05, 0) is 55.0 Å². The van der Waals surface area contributed by atoms with Crippen LogP contribution in [0.1, 0.15) is 12.5 Å². The fourth-order valence-corrected chi connectivity index (χ4v) is 1.74. The monoisotopic (exact) mass is 283 g/mol. The molecule has 0 atom stereocenters. The first-order valence-electron chi connectivity index (χ1n) is 6.68. The van der Waals surface area contributed by atoms with Gasteiger partial charge in [0.25, 0.3) is 0 Å². The number of hydrogen-bond acceptors (Lipinski definition) is 3. The summed E-state index contributed by atoms with van der Waals surface area (Å²) in [5.74, 6) is 0.758. The van der Waals surface area contributed by atoms with Crippen LogP contribution in [0, 0.1) is 0 Å². The van der Waals surface area contributed by atoms with Crippen LogP contribution in [-0.4, -0.2) is 17.6 Å². The third-order valence-electron chi connectivity index (χ3n) is 2.75. The molecule has 0 unspecified atom stereocenters. The molecule has 0 aromatic heterocycles. The first kappa shape index (κ1) is 14.7. The van der Waals surface area contributed by atoms with E-state index in [1.165, 1.54) is 6.08 Å². The molecule has 0 spiro atoms. The molecular weight excluding hydrogens is 266 g/mol. The van der Waals surface area contributed by atoms with E-state index in [4.69, 9.17) is 4.74 Å². The highest BCUT2D eigenvalue weighted by Gasteiger charge is 1.99. The average molecular weight is 283 g/mol. The highest BCUT2D eigenvalue weighted by Crippen LogP contribution is 2.16. The van der Waals surface area contributed by atoms with Crippen molar-refractivity contribution in [2.45, 2.75) is 6.92 Å². The van der Waals surface area contributed by atoms with Crippen LogP contribution in [0.3, 0.4) is 0 Å². The number of phenolic OH excluding ortho intramolecular Hbond substituents is 1. The Morgan fingerprint density at radius 3 is 2.43 bits per heavy atom. The van der Waals surface area contributed by atoms with Gasteiger partial charge < -0.3 is 15.2 Å². The Morgan fingerprint density at radius 1 is 1.14 bits per heavy atom. The van der Waals surface area contributed by atoms with Crippen LogP contribution in [0.25, 0.3) is 6.08 Å². The van der Waals surface area contributed by atoms with Crippen molar-refractivity contribution in [3.8, 4) is 11.5 Å². The summed E-state index contributed by atoms with van der Waals surface area (Å²) in [5.41, 5.74) is 1.55. The summed E-state index contributed by atoms with van der Waals surface area (Å²) in [5, 5.41) is 11.9. The van der Waals surface area contributed by atoms with Gasteiger partial charge in [-0.25, -0.2) is 0 Å². The maximum absolute atomic E-state index is 11.8. The Hall–Kier alpha value is -2.75. The van der Waals surface area contributed by atoms with Gasteiger partial charge in [0.05, 0.1) is 6.61 Å². The zero-order chi connectivity index (χ0) is 15.1. The first-order valence-corrected chi connectivity index (χ1v) is 6.68. The molecule has 0 aliphatic carbocycles. The molecule has 0 saturated heterocycles. The van der Waals surface area contributed by atoms with E-state index in [1.54, 1.807) is 42.5 Å². The van der Waals surface area contributed by atoms with E-state index in [2.05, 4.69) is 5.32 Å². The Bertz CT molecular complexity index is 615. The second kappa shape index (κ2) is 7.14. The van der Waals surface area contributed by atoms with Gasteiger partial charge in [0, 0.05) is 11.8 Å². The summed E-state index contributed by atoms with van der Waals surface area (Å²) in [6, 6.07) is 13.8. The Kier molecular flexibility index (Phi) is 4.99. The van der Waals surface area contributed by atoms with E-state index in [-0.39, 0.29) is 11.7 Å². The molecule has 108 valence electrons. The van der Waals surface area contributed by atoms with Crippen molar-refractivity contribution >= 4 is 17.7 Å². The summed E-state index contributed by atoms with van der Waals surface area (Å²) in [7, 11) is 0. The molecule has 1 amide bonds. The van der Waals surface area contributed by atoms with Crippen molar-refractivity contribution < 1.29 is 14.6 Å². The second-order valence-corrected chi connectivity index (χ2v) is 4.37. The van der Waals surface area contributed by atoms with E-state index in [1.807, 2.05) is 19.1 Å². The molecule has 0 radical (unpaired) electrons. The lowest BCUT2D eigenvalue weighted by molar-refractivity contribution is -0.111. The van der Waals surface area contributed by atoms with Gasteiger partial charge in [-0.15, -0.1) is 0 Å². The van der Waals surface area contributed by atoms with E-state index < -0.39 is 0 Å². The van der Waals surface area contributed by atoms with Crippen molar-refractivity contribution in [1.29, 1.82) is 0 Å². The highest BCUT2D eigenvalue weighted by atomic mass is 16.5. The van der Waals surface area contributed by atoms with Crippen molar-refractivity contribution in [1.82, 2.24) is 0 Å². The average Bonchev–Trinajstić information content (AvgIpc) is 2.49. The van der Waals surface area contributed by atoms with Crippen LogP contribution >= 0.6 is 0 Å². The van der Waals surface area contributed by atoms with Crippen LogP contribution in [0.2, 0.25) is 0 Å². The Morgan fingerprint density at radius 2 is 1.81 bits per heavy atom. The largest absolute Gasteiger partial charge is 0.508 e. The van der Waals surface area contributed by atoms with Gasteiger partial charge >= 0.3 is 0 Å². The minimum absolute atomic E-state index is 0.200. The number of ether oxygens (including phenoxy) is 1. The number of phenols is 1. The predicted octanol–water partition coefficient (Wildman–Crippen LogP) is 3.44. The Labute approximate surface area is 123 Å². The molecule has 0 saturated carbocycles. The number of benzene rings is 2. The van der Waals surface area contributed by atoms with Crippen LogP contribution < -0.4 is 10.1 Å². The minimum atomic E-state index is -0.216. The number of anilines is 1. The molecule has 4 heteroatoms. The quantitative estimate of drug-likeness (QED) is 0.826. The summed E-state index contributed by atoms with van der Waals surface area (Å²) < 4.78 is 5.33. The molecule has 4 nitrogen and oxygen atoms in total. The van der Waals surface area contributed by atoms with Crippen molar-refractivity contribution in [2.75, 3.05) is 11.9 Å². The third kappa shape index (κ3) is 4.69. The normalized spacial score (nSPS) is 10.5. The molecule has 0 aliphatic heterocycles. The van der Waals surface area contributed by atoms with E-state index in [9.17, 15) is 9.90 Å². The molecule has 21 heavy (non-hydrogen) atoms. The smallest absolute Gasteiger partial charge is 0.248 e. The third-order valence-corrected chi connectivity index (χ3v) is 2.75. The lowest BCUT2D eigenvalue weighted by Crippen LogP contribution is -2.07. The molecular formula is C17H17NO3. The molecule has 0 bridgehead atoms. The van der Waals surface area contributed by atoms with E-state index in [0.717, 1.165) is 11.3 Å². The minimum Gasteiger partial charge on any atom is -0.508 e. The predicted molar refractivity (Wildman–Crippen MR) is 83.4 cm³/mol. The molecule has 2 aromatic carbocycles. The van der Waals surface area contributed by atoms with Gasteiger partial charge in [-0.1, -0.05) is 12.1 Å². The lowest BCUT2D eigenvalue weighted by atomic mass is 10.2. The van der Waals surface area contributed by atoms with Gasteiger partial charge in [0.1, 0.15) is 11.5 Å². The summed E-state index contributed by atoms with van der Waals surface area (Å²) >= 11 is 0. The van der Waals surface area contributed by atoms with Crippen molar-refractivity contribution in [3.63, 3.8) is 0 Å². The maximum atomic E-state index is 11.8. The van der Waals surface area contributed by atoms with Crippen LogP contribution in [0.15, 0.2) is 54.6 Å². The topological polar surface area (TPSA) is 58.6 Å². The number of amides is 1. The van der Waals surface area contributed by atoms with Crippen LogP contribution in [0.5, 0.6) is 11.5 Å². The van der Waals surface area contributed by atoms with Crippen molar-refractivity contribution in [3.05, 3.63) is 60.2 Å². The molecule has 0 fully saturated rings. The maximum Gasteiger partial charge on any atom is 0.248 e. The number of aromatic hydroxyl groups is 1. The zero-order valence-electron chi connectivity index (χ0n) is 11.7. The number of nitrogens with one attached hydrogen (secondary N) is 1. The fourth-order valence-electron chi connectivity index (χ4n) is 1.74. The van der Waals surface area contributed by atoms with Crippen LogP contribution in [0.4, 0.5) is 5.69 Å². The number of carbonyl (C=O) groups excluding carboxylic acids is 1. The van der Waals surface area contributed by atoms with Gasteiger partial charge in [-0.3, -0.25) is 4.79 Å². The van der Waals surface area contributed by atoms with Gasteiger partial charge in [0.15, 0.2) is 0 Å². The molecule has 2 aromatic rings. The summed E-state index contributed by atoms with van der Waals surface area (Å²) in [4.78, 5) is 11.8. The lowest BCUT2D eigenvalue weighted by Gasteiger charge is -2.05. The number of rotatable bonds is 5. The van der Waals surface area contributed by atoms with Crippen LogP contribution in [-0.2, 0) is 4.79 Å². The molecule has 0 heterocycles. The number of carbonyl (C=O) groups is 1. The highest BCUT2D eigenvalue weighted by molar-refractivity contribution is 6.01. The fraction of sp³-hybridized carbons (Fsp3) is 0.118. The first-order chi connectivity index (χ1) is 10.2. The van der Waals surface area contributed by atoms with Gasteiger partial charge in [-0.2, -0.15) is 0 Å². The zero-order valence-corrected chi connectivity index (χ0v) is 11.7. The Balaban J connectivity index is 1.93. The molecule has 2 rings (SSSR count). The van der Waals surface area contributed by atoms with E-state index in [0.29, 0.717) is 12.3 Å².